The number of aromatic nitrogens is 1. The Morgan fingerprint density at radius 2 is 1.93 bits per heavy atom. The molecule has 5 rings (SSSR count). The topological polar surface area (TPSA) is 110 Å². The predicted molar refractivity (Wildman–Crippen MR) is 165 cm³/mol. The van der Waals surface area contributed by atoms with Gasteiger partial charge in [-0.05, 0) is 61.1 Å². The molecule has 10 heteroatoms. The van der Waals surface area contributed by atoms with Gasteiger partial charge in [0.15, 0.2) is 0 Å². The van der Waals surface area contributed by atoms with Gasteiger partial charge >= 0.3 is 5.97 Å². The van der Waals surface area contributed by atoms with Crippen LogP contribution in [0.3, 0.4) is 0 Å². The second kappa shape index (κ2) is 14.3. The fraction of sp³-hybridized carbons (Fsp3) is 0.265. The number of carbonyl (C=O) groups excluding carboxylic acids is 1. The molecule has 0 radical (unpaired) electrons. The lowest BCUT2D eigenvalue weighted by atomic mass is 9.96. The molecule has 1 amide bonds. The maximum Gasteiger partial charge on any atom is 0.320 e. The molecule has 1 aliphatic heterocycles. The smallest absolute Gasteiger partial charge is 0.320 e. The Morgan fingerprint density at radius 3 is 2.75 bits per heavy atom. The van der Waals surface area contributed by atoms with Gasteiger partial charge in [-0.1, -0.05) is 48.0 Å². The maximum atomic E-state index is 14.5. The summed E-state index contributed by atoms with van der Waals surface area (Å²) in [5.74, 6) is -0.697. The Hall–Kier alpha value is -4.47. The number of hydrogen-bond donors (Lipinski definition) is 3. The third-order valence-corrected chi connectivity index (χ3v) is 7.90. The lowest BCUT2D eigenvalue weighted by Gasteiger charge is -2.19. The van der Waals surface area contributed by atoms with Crippen LogP contribution in [0.5, 0.6) is 11.5 Å². The first-order chi connectivity index (χ1) is 21.3. The number of pyridine rings is 1. The zero-order chi connectivity index (χ0) is 31.1. The average Bonchev–Trinajstić information content (AvgIpc) is 3.01. The first-order valence-corrected chi connectivity index (χ1v) is 14.8. The second-order valence-electron chi connectivity index (χ2n) is 10.6. The van der Waals surface area contributed by atoms with Gasteiger partial charge in [-0.2, -0.15) is 0 Å². The highest BCUT2D eigenvalue weighted by Crippen LogP contribution is 2.35. The number of hydrogen-bond acceptors (Lipinski definition) is 6. The molecule has 0 fully saturated rings. The number of carboxylic acids is 1. The number of fused-ring (bicyclic) bond motifs is 3. The molecule has 0 saturated heterocycles. The van der Waals surface area contributed by atoms with E-state index in [1.54, 1.807) is 42.6 Å². The Kier molecular flexibility index (Phi) is 10.1. The van der Waals surface area contributed by atoms with Crippen LogP contribution in [-0.2, 0) is 24.6 Å². The first kappa shape index (κ1) is 31.0. The number of halogens is 2. The van der Waals surface area contributed by atoms with E-state index in [1.807, 2.05) is 25.1 Å². The fourth-order valence-electron chi connectivity index (χ4n) is 5.10. The molecular weight excluding hydrogens is 585 g/mol. The Morgan fingerprint density at radius 1 is 1.11 bits per heavy atom. The average molecular weight is 618 g/mol. The Bertz CT molecular complexity index is 1660. The monoisotopic (exact) mass is 617 g/mol. The van der Waals surface area contributed by atoms with Crippen LogP contribution in [0, 0.1) is 12.7 Å². The number of amides is 1. The van der Waals surface area contributed by atoms with E-state index in [9.17, 15) is 19.1 Å². The molecule has 0 aliphatic carbocycles. The van der Waals surface area contributed by atoms with Crippen LogP contribution < -0.4 is 20.1 Å². The van der Waals surface area contributed by atoms with Gasteiger partial charge in [0, 0.05) is 48.2 Å². The van der Waals surface area contributed by atoms with Gasteiger partial charge in [0.1, 0.15) is 36.6 Å². The van der Waals surface area contributed by atoms with E-state index >= 15 is 0 Å². The second-order valence-corrected chi connectivity index (χ2v) is 11.0. The highest BCUT2D eigenvalue weighted by Gasteiger charge is 2.20. The minimum absolute atomic E-state index is 0.106. The standard InChI is InChI=1S/C34H33ClFN3O5/c1-21-23(7-6-9-26(21)27-8-2-3-10-29(27)36)20-44-32-15-31-24(14-28(32)35)18-39-30(34(41)42)11-4-5-12-38-33(40)25-13-22(19-43-31)16-37-17-25/h2-3,6-10,13-17,30,39H,4-5,11-12,18-20H2,1H3,(H,38,40)(H,41,42)/t30-/m0/s1. The van der Waals surface area contributed by atoms with E-state index in [-0.39, 0.29) is 31.5 Å². The number of nitrogens with one attached hydrogen (secondary N) is 2. The van der Waals surface area contributed by atoms with E-state index in [0.29, 0.717) is 64.6 Å². The van der Waals surface area contributed by atoms with Crippen molar-refractivity contribution in [2.75, 3.05) is 6.54 Å². The van der Waals surface area contributed by atoms with Crippen LogP contribution >= 0.6 is 11.6 Å². The third kappa shape index (κ3) is 7.53. The van der Waals surface area contributed by atoms with Crippen molar-refractivity contribution in [3.63, 3.8) is 0 Å². The summed E-state index contributed by atoms with van der Waals surface area (Å²) >= 11 is 6.67. The molecule has 3 aromatic carbocycles. The summed E-state index contributed by atoms with van der Waals surface area (Å²) in [4.78, 5) is 28.7. The molecule has 2 bridgehead atoms. The van der Waals surface area contributed by atoms with Crippen LogP contribution in [0.15, 0.2) is 73.1 Å². The van der Waals surface area contributed by atoms with Crippen LogP contribution in [0.4, 0.5) is 4.39 Å². The fourth-order valence-corrected chi connectivity index (χ4v) is 5.34. The lowest BCUT2D eigenvalue weighted by Crippen LogP contribution is -2.36. The van der Waals surface area contributed by atoms with Crippen LogP contribution in [0.25, 0.3) is 11.1 Å². The number of carboxylic acid groups (broad SMARTS) is 1. The largest absolute Gasteiger partial charge is 0.488 e. The molecule has 228 valence electrons. The number of rotatable bonds is 5. The number of carbonyl (C=O) groups is 2. The molecule has 44 heavy (non-hydrogen) atoms. The molecule has 1 aliphatic rings. The van der Waals surface area contributed by atoms with Crippen molar-refractivity contribution in [1.82, 2.24) is 15.6 Å². The van der Waals surface area contributed by atoms with Crippen LogP contribution in [0.1, 0.15) is 51.9 Å². The number of nitrogens with zero attached hydrogens (tertiary/aromatic N) is 1. The molecule has 1 atom stereocenters. The Labute approximate surface area is 260 Å². The molecule has 2 heterocycles. The van der Waals surface area contributed by atoms with Gasteiger partial charge in [0.25, 0.3) is 5.91 Å². The molecular formula is C34H33ClFN3O5. The molecule has 1 aromatic heterocycles. The van der Waals surface area contributed by atoms with Crippen molar-refractivity contribution in [3.05, 3.63) is 112 Å². The van der Waals surface area contributed by atoms with Crippen molar-refractivity contribution in [1.29, 1.82) is 0 Å². The molecule has 0 spiro atoms. The minimum atomic E-state index is -0.960. The molecule has 4 aromatic rings. The maximum absolute atomic E-state index is 14.5. The van der Waals surface area contributed by atoms with Crippen LogP contribution in [-0.4, -0.2) is 34.6 Å². The third-order valence-electron chi connectivity index (χ3n) is 7.60. The van der Waals surface area contributed by atoms with Gasteiger partial charge in [-0.15, -0.1) is 0 Å². The summed E-state index contributed by atoms with van der Waals surface area (Å²) < 4.78 is 26.9. The highest BCUT2D eigenvalue weighted by molar-refractivity contribution is 6.32. The SMILES string of the molecule is Cc1c(COc2cc3c(cc2Cl)CN[C@H](C(=O)O)CCCCNC(=O)c2cncc(c2)CO3)cccc1-c1ccccc1F. The normalized spacial score (nSPS) is 15.9. The van der Waals surface area contributed by atoms with Crippen molar-refractivity contribution in [3.8, 4) is 22.6 Å². The van der Waals surface area contributed by atoms with Gasteiger partial charge in [-0.3, -0.25) is 14.6 Å². The van der Waals surface area contributed by atoms with Crippen LogP contribution in [0.2, 0.25) is 5.02 Å². The van der Waals surface area contributed by atoms with Gasteiger partial charge in [0.2, 0.25) is 0 Å². The zero-order valence-corrected chi connectivity index (χ0v) is 25.0. The molecule has 3 N–H and O–H groups in total. The Balaban J connectivity index is 1.42. The lowest BCUT2D eigenvalue weighted by molar-refractivity contribution is -0.139. The summed E-state index contributed by atoms with van der Waals surface area (Å²) in [7, 11) is 0. The van der Waals surface area contributed by atoms with Gasteiger partial charge < -0.3 is 25.2 Å². The van der Waals surface area contributed by atoms with E-state index in [2.05, 4.69) is 15.6 Å². The van der Waals surface area contributed by atoms with Crippen molar-refractivity contribution >= 4 is 23.5 Å². The van der Waals surface area contributed by atoms with Crippen molar-refractivity contribution in [2.45, 2.75) is 52.0 Å². The van der Waals surface area contributed by atoms with E-state index in [1.165, 1.54) is 12.3 Å². The predicted octanol–water partition coefficient (Wildman–Crippen LogP) is 6.46. The number of aliphatic carboxylic acids is 1. The summed E-state index contributed by atoms with van der Waals surface area (Å²) in [5, 5.41) is 16.1. The van der Waals surface area contributed by atoms with Crippen molar-refractivity contribution < 1.29 is 28.6 Å². The number of ether oxygens (including phenoxy) is 2. The van der Waals surface area contributed by atoms with Gasteiger partial charge in [-0.25, -0.2) is 4.39 Å². The van der Waals surface area contributed by atoms with E-state index < -0.39 is 12.0 Å². The molecule has 0 saturated carbocycles. The quantitative estimate of drug-likeness (QED) is 0.236. The molecule has 0 unspecified atom stereocenters. The number of benzene rings is 3. The summed E-state index contributed by atoms with van der Waals surface area (Å²) in [6.45, 7) is 2.83. The van der Waals surface area contributed by atoms with Crippen molar-refractivity contribution in [2.24, 2.45) is 0 Å². The summed E-state index contributed by atoms with van der Waals surface area (Å²) in [5.41, 5.74) is 4.79. The zero-order valence-electron chi connectivity index (χ0n) is 24.2. The van der Waals surface area contributed by atoms with Gasteiger partial charge in [0.05, 0.1) is 10.6 Å². The summed E-state index contributed by atoms with van der Waals surface area (Å²) in [6, 6.07) is 16.6. The molecule has 8 nitrogen and oxygen atoms in total. The van der Waals surface area contributed by atoms with E-state index in [4.69, 9.17) is 21.1 Å². The van der Waals surface area contributed by atoms with E-state index in [0.717, 1.165) is 16.7 Å². The first-order valence-electron chi connectivity index (χ1n) is 14.4. The highest BCUT2D eigenvalue weighted by atomic mass is 35.5. The minimum Gasteiger partial charge on any atom is -0.488 e. The summed E-state index contributed by atoms with van der Waals surface area (Å²) in [6.07, 6.45) is 4.75.